The molecule has 1 fully saturated rings. The minimum atomic E-state index is -0.448. The van der Waals surface area contributed by atoms with E-state index in [1.165, 1.54) is 6.08 Å². The van der Waals surface area contributed by atoms with E-state index in [0.717, 1.165) is 0 Å². The quantitative estimate of drug-likeness (QED) is 0.241. The lowest BCUT2D eigenvalue weighted by atomic mass is 10.4. The van der Waals surface area contributed by atoms with E-state index in [-0.39, 0.29) is 0 Å². The van der Waals surface area contributed by atoms with Crippen LogP contribution in [0.4, 0.5) is 0 Å². The lowest BCUT2D eigenvalue weighted by Crippen LogP contribution is -2.35. The second kappa shape index (κ2) is 6.78. The van der Waals surface area contributed by atoms with E-state index in [0.29, 0.717) is 38.7 Å². The van der Waals surface area contributed by atoms with Crippen molar-refractivity contribution in [1.29, 1.82) is 0 Å². The average molecular weight is 228 g/mol. The molecule has 0 spiro atoms. The van der Waals surface area contributed by atoms with E-state index < -0.39 is 5.97 Å². The number of carbonyl (C=O) groups is 1. The van der Waals surface area contributed by atoms with Crippen LogP contribution in [0.2, 0.25) is 0 Å². The van der Waals surface area contributed by atoms with Crippen LogP contribution in [0.15, 0.2) is 22.2 Å². The summed E-state index contributed by atoms with van der Waals surface area (Å²) < 4.78 is 9.99. The number of ether oxygens (including phenoxy) is 2. The summed E-state index contributed by atoms with van der Waals surface area (Å²) in [5.74, 6) is 4.95. The van der Waals surface area contributed by atoms with Crippen molar-refractivity contribution in [3.05, 3.63) is 11.9 Å². The average Bonchev–Trinajstić information content (AvgIpc) is 2.30. The first-order valence-corrected chi connectivity index (χ1v) is 5.10. The van der Waals surface area contributed by atoms with Gasteiger partial charge in [-0.1, -0.05) is 5.22 Å². The van der Waals surface area contributed by atoms with E-state index in [2.05, 4.69) is 10.3 Å². The molecule has 90 valence electrons. The second-order valence-corrected chi connectivity index (χ2v) is 3.07. The Bertz CT molecular complexity index is 284. The predicted molar refractivity (Wildman–Crippen MR) is 56.2 cm³/mol. The molecule has 1 heterocycles. The molecule has 0 saturated carbocycles. The van der Waals surface area contributed by atoms with Crippen LogP contribution >= 0.6 is 0 Å². The van der Waals surface area contributed by atoms with Gasteiger partial charge in [-0.3, -0.25) is 0 Å². The molecular weight excluding hydrogens is 212 g/mol. The first-order valence-electron chi connectivity index (χ1n) is 5.10. The van der Waals surface area contributed by atoms with Gasteiger partial charge in [-0.2, -0.15) is 0 Å². The first-order chi connectivity index (χ1) is 7.77. The van der Waals surface area contributed by atoms with Gasteiger partial charge in [0.25, 0.3) is 0 Å². The molecular formula is C9H16N4O3. The Hall–Kier alpha value is -1.63. The largest absolute Gasteiger partial charge is 0.463 e. The van der Waals surface area contributed by atoms with Crippen molar-refractivity contribution in [1.82, 2.24) is 4.90 Å². The molecule has 1 aliphatic rings. The molecule has 0 radical (unpaired) electrons. The van der Waals surface area contributed by atoms with Gasteiger partial charge in [-0.25, -0.2) is 4.79 Å². The maximum Gasteiger partial charge on any atom is 0.334 e. The standard InChI is InChI=1S/C9H16N4O3/c1-2-16-9(14)7-8(11-12-10)13-3-5-15-6-4-13/h7H,2-6H2,1H3,(H2,10,11)/b8-7+. The zero-order chi connectivity index (χ0) is 11.8. The topological polar surface area (TPSA) is 89.5 Å². The van der Waals surface area contributed by atoms with E-state index in [4.69, 9.17) is 15.3 Å². The van der Waals surface area contributed by atoms with Crippen LogP contribution in [0.5, 0.6) is 0 Å². The van der Waals surface area contributed by atoms with Crippen LogP contribution < -0.4 is 5.84 Å². The lowest BCUT2D eigenvalue weighted by molar-refractivity contribution is -0.137. The Kier molecular flexibility index (Phi) is 5.27. The second-order valence-electron chi connectivity index (χ2n) is 3.07. The zero-order valence-electron chi connectivity index (χ0n) is 9.26. The van der Waals surface area contributed by atoms with E-state index in [1.807, 2.05) is 4.90 Å². The summed E-state index contributed by atoms with van der Waals surface area (Å²) in [7, 11) is 0. The third-order valence-corrected chi connectivity index (χ3v) is 2.03. The number of carbonyl (C=O) groups excluding carboxylic acids is 1. The smallest absolute Gasteiger partial charge is 0.334 e. The summed E-state index contributed by atoms with van der Waals surface area (Å²) >= 11 is 0. The monoisotopic (exact) mass is 228 g/mol. The minimum absolute atomic E-state index is 0.325. The third kappa shape index (κ3) is 3.85. The fourth-order valence-electron chi connectivity index (χ4n) is 1.32. The van der Waals surface area contributed by atoms with Crippen LogP contribution in [0, 0.1) is 0 Å². The summed E-state index contributed by atoms with van der Waals surface area (Å²) in [6.07, 6.45) is 1.28. The molecule has 0 bridgehead atoms. The Balaban J connectivity index is 2.68. The van der Waals surface area contributed by atoms with E-state index >= 15 is 0 Å². The maximum absolute atomic E-state index is 11.3. The fraction of sp³-hybridized carbons (Fsp3) is 0.667. The van der Waals surface area contributed by atoms with Gasteiger partial charge in [-0.15, -0.1) is 5.11 Å². The fourth-order valence-corrected chi connectivity index (χ4v) is 1.32. The molecule has 2 N–H and O–H groups in total. The Morgan fingerprint density at radius 1 is 1.56 bits per heavy atom. The summed E-state index contributed by atoms with van der Waals surface area (Å²) in [5.41, 5.74) is 0. The van der Waals surface area contributed by atoms with Crippen molar-refractivity contribution < 1.29 is 14.3 Å². The SMILES string of the molecule is CCOC(=O)/C=C(\N=NN)N1CCOCC1. The van der Waals surface area contributed by atoms with Crippen molar-refractivity contribution >= 4 is 5.97 Å². The highest BCUT2D eigenvalue weighted by atomic mass is 16.5. The van der Waals surface area contributed by atoms with E-state index in [1.54, 1.807) is 6.92 Å². The molecule has 0 atom stereocenters. The Morgan fingerprint density at radius 3 is 2.81 bits per heavy atom. The number of nitrogens with zero attached hydrogens (tertiary/aromatic N) is 3. The summed E-state index contributed by atoms with van der Waals surface area (Å²) in [5, 5.41) is 6.89. The Labute approximate surface area is 93.9 Å². The molecule has 1 saturated heterocycles. The highest BCUT2D eigenvalue weighted by Crippen LogP contribution is 2.09. The molecule has 0 aromatic rings. The van der Waals surface area contributed by atoms with Gasteiger partial charge >= 0.3 is 5.97 Å². The van der Waals surface area contributed by atoms with Crippen LogP contribution in [0.3, 0.4) is 0 Å². The summed E-state index contributed by atoms with van der Waals surface area (Å²) in [6, 6.07) is 0. The minimum Gasteiger partial charge on any atom is -0.463 e. The predicted octanol–water partition coefficient (Wildman–Crippen LogP) is 0.0490. The Morgan fingerprint density at radius 2 is 2.25 bits per heavy atom. The number of nitrogens with two attached hydrogens (primary N) is 1. The van der Waals surface area contributed by atoms with Crippen LogP contribution in [0.1, 0.15) is 6.92 Å². The van der Waals surface area contributed by atoms with Crippen molar-refractivity contribution in [2.75, 3.05) is 32.9 Å². The molecule has 0 amide bonds. The van der Waals surface area contributed by atoms with Gasteiger partial charge in [0.05, 0.1) is 25.9 Å². The number of morpholine rings is 1. The molecule has 0 aromatic carbocycles. The number of hydrogen-bond donors (Lipinski definition) is 1. The van der Waals surface area contributed by atoms with Gasteiger partial charge in [0.1, 0.15) is 0 Å². The zero-order valence-corrected chi connectivity index (χ0v) is 9.26. The molecule has 16 heavy (non-hydrogen) atoms. The summed E-state index contributed by atoms with van der Waals surface area (Å²) in [4.78, 5) is 13.1. The molecule has 0 aliphatic carbocycles. The number of esters is 1. The first kappa shape index (κ1) is 12.4. The van der Waals surface area contributed by atoms with Gasteiger partial charge in [0, 0.05) is 13.1 Å². The molecule has 1 aliphatic heterocycles. The van der Waals surface area contributed by atoms with Gasteiger partial charge in [0.15, 0.2) is 5.82 Å². The molecule has 7 heteroatoms. The van der Waals surface area contributed by atoms with Crippen molar-refractivity contribution in [3.63, 3.8) is 0 Å². The molecule has 7 nitrogen and oxygen atoms in total. The van der Waals surface area contributed by atoms with Crippen molar-refractivity contribution in [3.8, 4) is 0 Å². The van der Waals surface area contributed by atoms with Gasteiger partial charge in [0.2, 0.25) is 0 Å². The van der Waals surface area contributed by atoms with Crippen molar-refractivity contribution in [2.45, 2.75) is 6.92 Å². The number of hydrogen-bond acceptors (Lipinski definition) is 6. The van der Waals surface area contributed by atoms with Gasteiger partial charge < -0.3 is 20.2 Å². The van der Waals surface area contributed by atoms with Crippen LogP contribution in [-0.4, -0.2) is 43.8 Å². The highest BCUT2D eigenvalue weighted by molar-refractivity contribution is 5.82. The third-order valence-electron chi connectivity index (χ3n) is 2.03. The lowest BCUT2D eigenvalue weighted by Gasteiger charge is -2.27. The van der Waals surface area contributed by atoms with Crippen molar-refractivity contribution in [2.24, 2.45) is 16.2 Å². The normalized spacial score (nSPS) is 17.8. The van der Waals surface area contributed by atoms with Gasteiger partial charge in [-0.05, 0) is 6.92 Å². The molecule has 0 unspecified atom stereocenters. The molecule has 1 rings (SSSR count). The maximum atomic E-state index is 11.3. The van der Waals surface area contributed by atoms with Crippen LogP contribution in [-0.2, 0) is 14.3 Å². The van der Waals surface area contributed by atoms with Crippen LogP contribution in [0.25, 0.3) is 0 Å². The number of rotatable bonds is 4. The highest BCUT2D eigenvalue weighted by Gasteiger charge is 2.15. The molecule has 0 aromatic heterocycles. The summed E-state index contributed by atoms with van der Waals surface area (Å²) in [6.45, 7) is 4.57. The van der Waals surface area contributed by atoms with E-state index in [9.17, 15) is 4.79 Å².